The molecule has 0 aliphatic heterocycles. The van der Waals surface area contributed by atoms with Gasteiger partial charge in [-0.3, -0.25) is 9.52 Å². The number of anilines is 1. The number of nitrogens with zero attached hydrogens (tertiary/aromatic N) is 2. The molecule has 0 spiro atoms. The number of fused-ring (bicyclic) bond motifs is 1. The molecule has 1 unspecified atom stereocenters. The van der Waals surface area contributed by atoms with Crippen LogP contribution >= 0.6 is 10.8 Å². The van der Waals surface area contributed by atoms with E-state index in [2.05, 4.69) is 25.0 Å². The van der Waals surface area contributed by atoms with Crippen molar-refractivity contribution in [1.82, 2.24) is 20.3 Å². The first-order chi connectivity index (χ1) is 15.3. The summed E-state index contributed by atoms with van der Waals surface area (Å²) >= 11 is 0. The number of hydrogen-bond acceptors (Lipinski definition) is 6. The average Bonchev–Trinajstić information content (AvgIpc) is 3.40. The number of hydrogen-bond donors (Lipinski definition) is 3. The Hall–Kier alpha value is -3.28. The number of thiophene rings is 1. The van der Waals surface area contributed by atoms with Gasteiger partial charge in [0.1, 0.15) is 22.1 Å². The van der Waals surface area contributed by atoms with Crippen molar-refractivity contribution in [2.24, 2.45) is 0 Å². The summed E-state index contributed by atoms with van der Waals surface area (Å²) in [6.45, 7) is 1.97. The Labute approximate surface area is 187 Å². The van der Waals surface area contributed by atoms with Crippen LogP contribution in [0, 0.1) is 0 Å². The van der Waals surface area contributed by atoms with E-state index in [0.717, 1.165) is 5.56 Å². The van der Waals surface area contributed by atoms with E-state index in [1.807, 2.05) is 12.1 Å². The number of sulfonamides is 1. The molecule has 166 valence electrons. The molecule has 0 radical (unpaired) electrons. The Kier molecular flexibility index (Phi) is 6.21. The third-order valence-electron chi connectivity index (χ3n) is 4.83. The van der Waals surface area contributed by atoms with Gasteiger partial charge in [-0.15, -0.1) is 0 Å². The number of imidazole rings is 1. The fourth-order valence-corrected chi connectivity index (χ4v) is 4.56. The lowest BCUT2D eigenvalue weighted by Crippen LogP contribution is -2.26. The van der Waals surface area contributed by atoms with Crippen LogP contribution in [-0.2, 0) is 16.4 Å². The topological polar surface area (TPSA) is 140 Å². The van der Waals surface area contributed by atoms with Crippen molar-refractivity contribution in [2.45, 2.75) is 13.3 Å². The van der Waals surface area contributed by atoms with Crippen molar-refractivity contribution >= 4 is 43.5 Å². The van der Waals surface area contributed by atoms with Crippen molar-refractivity contribution in [3.8, 4) is 11.4 Å². The number of aromatic amines is 1. The number of H-pyrrole nitrogens is 1. The van der Waals surface area contributed by atoms with Gasteiger partial charge in [0.25, 0.3) is 5.91 Å². The summed E-state index contributed by atoms with van der Waals surface area (Å²) in [5.74, 6) is 0.241. The fourth-order valence-electron chi connectivity index (χ4n) is 3.12. The number of nitrogens with one attached hydrogen (secondary N) is 3. The lowest BCUT2D eigenvalue weighted by Gasteiger charge is -2.08. The zero-order valence-electron chi connectivity index (χ0n) is 17.2. The molecule has 4 rings (SSSR count). The van der Waals surface area contributed by atoms with Crippen LogP contribution in [0.5, 0.6) is 0 Å². The zero-order valence-corrected chi connectivity index (χ0v) is 18.8. The molecule has 1 aromatic carbocycles. The standard InChI is InChI=1S/C21H21N5O4S2/c1-2-32(29,30)26-16-5-3-14(4-6-16)7-10-23-21(27)17-8-11-22-20-18(17)24-19(25-20)15-9-12-31(28)13-15/h3-6,8-9,11-13,26H,2,7,10H2,1H3,(H,23,27)(H,22,24,25). The Morgan fingerprint density at radius 1 is 1.19 bits per heavy atom. The van der Waals surface area contributed by atoms with E-state index in [-0.39, 0.29) is 11.7 Å². The minimum Gasteiger partial charge on any atom is -0.591 e. The number of carbonyl (C=O) groups excluding carboxylic acids is 1. The van der Waals surface area contributed by atoms with Crippen molar-refractivity contribution < 1.29 is 17.8 Å². The van der Waals surface area contributed by atoms with Crippen molar-refractivity contribution in [2.75, 3.05) is 17.0 Å². The maximum absolute atomic E-state index is 12.7. The quantitative estimate of drug-likeness (QED) is 0.337. The first kappa shape index (κ1) is 21.9. The van der Waals surface area contributed by atoms with E-state index >= 15 is 0 Å². The van der Waals surface area contributed by atoms with E-state index in [0.29, 0.717) is 46.8 Å². The number of pyridine rings is 1. The van der Waals surface area contributed by atoms with Crippen LogP contribution < -0.4 is 10.0 Å². The second-order valence-electron chi connectivity index (χ2n) is 7.05. The number of rotatable bonds is 8. The number of benzene rings is 1. The van der Waals surface area contributed by atoms with Gasteiger partial charge in [0.15, 0.2) is 5.65 Å². The molecule has 1 amide bonds. The van der Waals surface area contributed by atoms with Gasteiger partial charge >= 0.3 is 0 Å². The summed E-state index contributed by atoms with van der Waals surface area (Å²) in [6.07, 6.45) is 2.11. The summed E-state index contributed by atoms with van der Waals surface area (Å²) < 4.78 is 37.3. The largest absolute Gasteiger partial charge is 0.591 e. The first-order valence-electron chi connectivity index (χ1n) is 9.87. The lowest BCUT2D eigenvalue weighted by atomic mass is 10.1. The molecule has 0 saturated carbocycles. The molecule has 0 aliphatic rings. The van der Waals surface area contributed by atoms with E-state index in [4.69, 9.17) is 0 Å². The van der Waals surface area contributed by atoms with Gasteiger partial charge in [-0.1, -0.05) is 22.9 Å². The van der Waals surface area contributed by atoms with Gasteiger partial charge in [0.05, 0.1) is 16.9 Å². The fraction of sp³-hybridized carbons (Fsp3) is 0.190. The Bertz CT molecular complexity index is 1360. The minimum atomic E-state index is -3.31. The molecular formula is C21H21N5O4S2. The molecule has 9 nitrogen and oxygen atoms in total. The van der Waals surface area contributed by atoms with E-state index in [9.17, 15) is 17.8 Å². The van der Waals surface area contributed by atoms with Crippen molar-refractivity contribution in [1.29, 1.82) is 0 Å². The second-order valence-corrected chi connectivity index (χ2v) is 10.2. The van der Waals surface area contributed by atoms with Gasteiger partial charge in [-0.2, -0.15) is 0 Å². The summed E-state index contributed by atoms with van der Waals surface area (Å²) in [7, 11) is -4.47. The third kappa shape index (κ3) is 4.96. The minimum absolute atomic E-state index is 0.00829. The smallest absolute Gasteiger partial charge is 0.253 e. The third-order valence-corrected chi connectivity index (χ3v) is 7.03. The number of carbonyl (C=O) groups is 1. The molecule has 0 saturated heterocycles. The molecule has 3 heterocycles. The van der Waals surface area contributed by atoms with Crippen molar-refractivity contribution in [3.63, 3.8) is 0 Å². The van der Waals surface area contributed by atoms with E-state index in [1.54, 1.807) is 41.9 Å². The van der Waals surface area contributed by atoms with Gasteiger partial charge in [-0.25, -0.2) is 18.4 Å². The Balaban J connectivity index is 1.40. The molecule has 3 aromatic heterocycles. The average molecular weight is 472 g/mol. The van der Waals surface area contributed by atoms with Crippen LogP contribution in [0.15, 0.2) is 53.4 Å². The van der Waals surface area contributed by atoms with Crippen LogP contribution in [0.25, 0.3) is 22.6 Å². The van der Waals surface area contributed by atoms with E-state index in [1.165, 1.54) is 6.20 Å². The van der Waals surface area contributed by atoms with Crippen LogP contribution in [0.2, 0.25) is 0 Å². The maximum Gasteiger partial charge on any atom is 0.253 e. The van der Waals surface area contributed by atoms with Crippen LogP contribution in [0.4, 0.5) is 5.69 Å². The summed E-state index contributed by atoms with van der Waals surface area (Å²) in [4.78, 5) is 24.5. The molecular weight excluding hydrogens is 450 g/mol. The Morgan fingerprint density at radius 3 is 2.66 bits per heavy atom. The molecule has 3 N–H and O–H groups in total. The molecule has 11 heteroatoms. The number of aromatic nitrogens is 3. The highest BCUT2D eigenvalue weighted by Crippen LogP contribution is 2.26. The van der Waals surface area contributed by atoms with E-state index < -0.39 is 20.8 Å². The van der Waals surface area contributed by atoms with Gasteiger partial charge < -0.3 is 14.9 Å². The van der Waals surface area contributed by atoms with Gasteiger partial charge in [-0.05, 0) is 37.1 Å². The highest BCUT2D eigenvalue weighted by Gasteiger charge is 2.16. The normalized spacial score (nSPS) is 12.1. The van der Waals surface area contributed by atoms with Crippen LogP contribution in [0.3, 0.4) is 0 Å². The maximum atomic E-state index is 12.7. The molecule has 4 aromatic rings. The summed E-state index contributed by atoms with van der Waals surface area (Å²) in [5, 5.41) is 6.02. The predicted octanol–water partition coefficient (Wildman–Crippen LogP) is 3.09. The van der Waals surface area contributed by atoms with Crippen LogP contribution in [-0.4, -0.2) is 46.1 Å². The predicted molar refractivity (Wildman–Crippen MR) is 124 cm³/mol. The summed E-state index contributed by atoms with van der Waals surface area (Å²) in [6, 6.07) is 10.3. The van der Waals surface area contributed by atoms with Crippen LogP contribution in [0.1, 0.15) is 22.8 Å². The highest BCUT2D eigenvalue weighted by atomic mass is 32.2. The number of amides is 1. The highest BCUT2D eigenvalue weighted by molar-refractivity contribution is 7.92. The Morgan fingerprint density at radius 2 is 1.97 bits per heavy atom. The molecule has 0 bridgehead atoms. The molecule has 1 atom stereocenters. The molecule has 32 heavy (non-hydrogen) atoms. The summed E-state index contributed by atoms with van der Waals surface area (Å²) in [5.41, 5.74) is 3.47. The second kappa shape index (κ2) is 9.07. The van der Waals surface area contributed by atoms with Crippen molar-refractivity contribution in [3.05, 3.63) is 64.5 Å². The van der Waals surface area contributed by atoms with Gasteiger partial charge in [0.2, 0.25) is 10.0 Å². The first-order valence-corrected chi connectivity index (χ1v) is 12.8. The lowest BCUT2D eigenvalue weighted by molar-refractivity contribution is 0.0955. The zero-order chi connectivity index (χ0) is 22.7. The molecule has 0 aliphatic carbocycles. The monoisotopic (exact) mass is 471 g/mol. The SMILES string of the molecule is CCS(=O)(=O)Nc1ccc(CCNC(=O)c2ccnc3[nH]c(-c4cc[s+]([O-])c4)nc23)cc1. The van der Waals surface area contributed by atoms with Gasteiger partial charge in [0, 0.05) is 24.5 Å². The molecule has 0 fully saturated rings.